The summed E-state index contributed by atoms with van der Waals surface area (Å²) in [6, 6.07) is 8.46. The fourth-order valence-corrected chi connectivity index (χ4v) is 2.13. The van der Waals surface area contributed by atoms with Crippen LogP contribution in [-0.2, 0) is 5.41 Å². The zero-order valence-corrected chi connectivity index (χ0v) is 9.21. The van der Waals surface area contributed by atoms with Gasteiger partial charge in [-0.15, -0.1) is 0 Å². The molecule has 0 aliphatic carbocycles. The Morgan fingerprint density at radius 2 is 2.27 bits per heavy atom. The Morgan fingerprint density at radius 3 is 3.00 bits per heavy atom. The molecule has 15 heavy (non-hydrogen) atoms. The number of hydrogen-bond donors (Lipinski definition) is 0. The van der Waals surface area contributed by atoms with Gasteiger partial charge >= 0.3 is 0 Å². The first-order valence-electron chi connectivity index (χ1n) is 5.31. The largest absolute Gasteiger partial charge is 0.493 e. The second-order valence-corrected chi connectivity index (χ2v) is 4.35. The molecule has 0 N–H and O–H groups in total. The van der Waals surface area contributed by atoms with Gasteiger partial charge in [-0.1, -0.05) is 18.2 Å². The summed E-state index contributed by atoms with van der Waals surface area (Å²) in [5.74, 6) is 0.916. The zero-order chi connectivity index (χ0) is 10.9. The van der Waals surface area contributed by atoms with Crippen molar-refractivity contribution in [3.63, 3.8) is 0 Å². The SMILES string of the molecule is Cc1cccc2c1OCCCC2(C)C#N. The lowest BCUT2D eigenvalue weighted by atomic mass is 9.79. The third-order valence-electron chi connectivity index (χ3n) is 3.12. The first kappa shape index (κ1) is 10.0. The van der Waals surface area contributed by atoms with Crippen LogP contribution in [0.3, 0.4) is 0 Å². The molecule has 0 fully saturated rings. The normalized spacial score (nSPS) is 24.6. The van der Waals surface area contributed by atoms with Crippen LogP contribution in [-0.4, -0.2) is 6.61 Å². The summed E-state index contributed by atoms with van der Waals surface area (Å²) in [6.07, 6.45) is 1.82. The fourth-order valence-electron chi connectivity index (χ4n) is 2.13. The number of rotatable bonds is 0. The lowest BCUT2D eigenvalue weighted by Crippen LogP contribution is -2.18. The average molecular weight is 201 g/mol. The van der Waals surface area contributed by atoms with Crippen LogP contribution < -0.4 is 4.74 Å². The van der Waals surface area contributed by atoms with Crippen molar-refractivity contribution in [2.75, 3.05) is 6.61 Å². The molecule has 1 aliphatic heterocycles. The average Bonchev–Trinajstić information content (AvgIpc) is 2.41. The fraction of sp³-hybridized carbons (Fsp3) is 0.462. The maximum Gasteiger partial charge on any atom is 0.126 e. The Hall–Kier alpha value is -1.49. The highest BCUT2D eigenvalue weighted by Crippen LogP contribution is 2.39. The molecule has 2 heteroatoms. The van der Waals surface area contributed by atoms with Gasteiger partial charge in [0.05, 0.1) is 18.1 Å². The van der Waals surface area contributed by atoms with Crippen molar-refractivity contribution in [3.8, 4) is 11.8 Å². The quantitative estimate of drug-likeness (QED) is 0.646. The van der Waals surface area contributed by atoms with Gasteiger partial charge in [0.25, 0.3) is 0 Å². The molecule has 78 valence electrons. The second kappa shape index (κ2) is 3.58. The number of nitriles is 1. The standard InChI is InChI=1S/C13H15NO/c1-10-5-3-6-11-12(10)15-8-4-7-13(11,2)9-14/h3,5-6H,4,7-8H2,1-2H3. The summed E-state index contributed by atoms with van der Waals surface area (Å²) in [6.45, 7) is 4.75. The van der Waals surface area contributed by atoms with E-state index in [9.17, 15) is 5.26 Å². The molecule has 2 rings (SSSR count). The van der Waals surface area contributed by atoms with E-state index in [-0.39, 0.29) is 0 Å². The molecule has 1 aromatic carbocycles. The molecule has 1 heterocycles. The van der Waals surface area contributed by atoms with Crippen molar-refractivity contribution in [2.45, 2.75) is 32.1 Å². The zero-order valence-electron chi connectivity index (χ0n) is 9.21. The molecular formula is C13H15NO. The van der Waals surface area contributed by atoms with Crippen LogP contribution >= 0.6 is 0 Å². The smallest absolute Gasteiger partial charge is 0.126 e. The van der Waals surface area contributed by atoms with E-state index in [0.29, 0.717) is 0 Å². The molecule has 0 amide bonds. The van der Waals surface area contributed by atoms with Crippen LogP contribution in [0.1, 0.15) is 30.9 Å². The maximum atomic E-state index is 9.31. The van der Waals surface area contributed by atoms with Crippen molar-refractivity contribution in [1.82, 2.24) is 0 Å². The second-order valence-electron chi connectivity index (χ2n) is 4.35. The molecular weight excluding hydrogens is 186 g/mol. The first-order chi connectivity index (χ1) is 7.17. The Morgan fingerprint density at radius 1 is 1.47 bits per heavy atom. The Kier molecular flexibility index (Phi) is 2.40. The van der Waals surface area contributed by atoms with E-state index in [0.717, 1.165) is 36.3 Å². The van der Waals surface area contributed by atoms with E-state index >= 15 is 0 Å². The number of aryl methyl sites for hydroxylation is 1. The third kappa shape index (κ3) is 1.59. The minimum atomic E-state index is -0.391. The van der Waals surface area contributed by atoms with Gasteiger partial charge in [-0.05, 0) is 32.3 Å². The molecule has 1 atom stereocenters. The predicted molar refractivity (Wildman–Crippen MR) is 58.9 cm³/mol. The minimum absolute atomic E-state index is 0.391. The number of ether oxygens (including phenoxy) is 1. The molecule has 0 saturated carbocycles. The molecule has 0 spiro atoms. The molecule has 0 saturated heterocycles. The van der Waals surface area contributed by atoms with E-state index in [1.54, 1.807) is 0 Å². The molecule has 0 aromatic heterocycles. The summed E-state index contributed by atoms with van der Waals surface area (Å²) in [5, 5.41) is 9.31. The van der Waals surface area contributed by atoms with Gasteiger partial charge in [0.15, 0.2) is 0 Å². The van der Waals surface area contributed by atoms with Gasteiger partial charge in [0.1, 0.15) is 5.75 Å². The van der Waals surface area contributed by atoms with Crippen LogP contribution in [0, 0.1) is 18.3 Å². The summed E-state index contributed by atoms with van der Waals surface area (Å²) in [4.78, 5) is 0. The van der Waals surface area contributed by atoms with Crippen LogP contribution in [0.2, 0.25) is 0 Å². The summed E-state index contributed by atoms with van der Waals surface area (Å²) in [7, 11) is 0. The number of fused-ring (bicyclic) bond motifs is 1. The van der Waals surface area contributed by atoms with Gasteiger partial charge in [-0.2, -0.15) is 5.26 Å². The molecule has 0 radical (unpaired) electrons. The van der Waals surface area contributed by atoms with Gasteiger partial charge in [-0.25, -0.2) is 0 Å². The lowest BCUT2D eigenvalue weighted by molar-refractivity contribution is 0.313. The molecule has 0 bridgehead atoms. The maximum absolute atomic E-state index is 9.31. The summed E-state index contributed by atoms with van der Waals surface area (Å²) >= 11 is 0. The Balaban J connectivity index is 2.61. The highest BCUT2D eigenvalue weighted by atomic mass is 16.5. The molecule has 1 aliphatic rings. The van der Waals surface area contributed by atoms with Gasteiger partial charge in [-0.3, -0.25) is 0 Å². The van der Waals surface area contributed by atoms with Gasteiger partial charge in [0.2, 0.25) is 0 Å². The summed E-state index contributed by atoms with van der Waals surface area (Å²) < 4.78 is 5.73. The van der Waals surface area contributed by atoms with E-state index in [1.807, 2.05) is 32.0 Å². The van der Waals surface area contributed by atoms with E-state index in [2.05, 4.69) is 6.07 Å². The minimum Gasteiger partial charge on any atom is -0.493 e. The Labute approximate surface area is 90.5 Å². The first-order valence-corrected chi connectivity index (χ1v) is 5.31. The highest BCUT2D eigenvalue weighted by molar-refractivity contribution is 5.48. The number of hydrogen-bond acceptors (Lipinski definition) is 2. The van der Waals surface area contributed by atoms with E-state index in [4.69, 9.17) is 4.74 Å². The monoisotopic (exact) mass is 201 g/mol. The van der Waals surface area contributed by atoms with Crippen LogP contribution in [0.15, 0.2) is 18.2 Å². The Bertz CT molecular complexity index is 419. The van der Waals surface area contributed by atoms with Crippen molar-refractivity contribution in [3.05, 3.63) is 29.3 Å². The van der Waals surface area contributed by atoms with Crippen LogP contribution in [0.4, 0.5) is 0 Å². The molecule has 1 aromatic rings. The molecule has 2 nitrogen and oxygen atoms in total. The number of para-hydroxylation sites is 1. The topological polar surface area (TPSA) is 33.0 Å². The summed E-state index contributed by atoms with van der Waals surface area (Å²) in [5.41, 5.74) is 1.77. The van der Waals surface area contributed by atoms with Crippen molar-refractivity contribution < 1.29 is 4.74 Å². The van der Waals surface area contributed by atoms with Gasteiger partial charge in [0, 0.05) is 5.56 Å². The number of nitrogens with zero attached hydrogens (tertiary/aromatic N) is 1. The lowest BCUT2D eigenvalue weighted by Gasteiger charge is -2.21. The van der Waals surface area contributed by atoms with Crippen molar-refractivity contribution >= 4 is 0 Å². The molecule has 1 unspecified atom stereocenters. The van der Waals surface area contributed by atoms with Crippen molar-refractivity contribution in [1.29, 1.82) is 5.26 Å². The van der Waals surface area contributed by atoms with Crippen LogP contribution in [0.25, 0.3) is 0 Å². The predicted octanol–water partition coefficient (Wildman–Crippen LogP) is 2.95. The highest BCUT2D eigenvalue weighted by Gasteiger charge is 2.32. The van der Waals surface area contributed by atoms with Crippen molar-refractivity contribution in [2.24, 2.45) is 0 Å². The van der Waals surface area contributed by atoms with Crippen LogP contribution in [0.5, 0.6) is 5.75 Å². The van der Waals surface area contributed by atoms with E-state index < -0.39 is 5.41 Å². The van der Waals surface area contributed by atoms with E-state index in [1.165, 1.54) is 0 Å². The van der Waals surface area contributed by atoms with Gasteiger partial charge < -0.3 is 4.74 Å². The number of benzene rings is 1. The third-order valence-corrected chi connectivity index (χ3v) is 3.12.